The van der Waals surface area contributed by atoms with E-state index >= 15 is 0 Å². The number of hydrogen-bond acceptors (Lipinski definition) is 4. The van der Waals surface area contributed by atoms with Crippen LogP contribution in [-0.2, 0) is 4.79 Å². The van der Waals surface area contributed by atoms with Gasteiger partial charge in [0, 0.05) is 47.4 Å². The first-order chi connectivity index (χ1) is 13.2. The number of hydrogen-bond donors (Lipinski definition) is 1. The SMILES string of the molecule is O=C(CCC(=O)c1ccccc1)Nc1ccc(-c2cn3ccsc3n2)cc1. The van der Waals surface area contributed by atoms with Gasteiger partial charge in [0.2, 0.25) is 5.91 Å². The molecule has 0 saturated heterocycles. The van der Waals surface area contributed by atoms with Gasteiger partial charge in [-0.1, -0.05) is 42.5 Å². The largest absolute Gasteiger partial charge is 0.326 e. The van der Waals surface area contributed by atoms with E-state index in [0.29, 0.717) is 11.3 Å². The summed E-state index contributed by atoms with van der Waals surface area (Å²) in [7, 11) is 0. The van der Waals surface area contributed by atoms with Crippen LogP contribution in [0.3, 0.4) is 0 Å². The third kappa shape index (κ3) is 3.96. The van der Waals surface area contributed by atoms with Crippen LogP contribution < -0.4 is 5.32 Å². The molecule has 1 amide bonds. The minimum absolute atomic E-state index is 0.0270. The van der Waals surface area contributed by atoms with Crippen molar-refractivity contribution in [2.75, 3.05) is 5.32 Å². The lowest BCUT2D eigenvalue weighted by atomic mass is 10.1. The molecule has 0 saturated carbocycles. The third-order valence-electron chi connectivity index (χ3n) is 4.23. The van der Waals surface area contributed by atoms with Gasteiger partial charge in [0.25, 0.3) is 0 Å². The molecule has 2 heterocycles. The Morgan fingerprint density at radius 1 is 1.00 bits per heavy atom. The number of rotatable bonds is 6. The minimum Gasteiger partial charge on any atom is -0.326 e. The van der Waals surface area contributed by atoms with E-state index in [9.17, 15) is 9.59 Å². The molecule has 0 unspecified atom stereocenters. The Kier molecular flexibility index (Phi) is 4.80. The van der Waals surface area contributed by atoms with Gasteiger partial charge < -0.3 is 5.32 Å². The second kappa shape index (κ2) is 7.55. The molecule has 0 aliphatic heterocycles. The van der Waals surface area contributed by atoms with Crippen LogP contribution in [0.2, 0.25) is 0 Å². The van der Waals surface area contributed by atoms with Gasteiger partial charge in [-0.25, -0.2) is 4.98 Å². The van der Waals surface area contributed by atoms with Crippen molar-refractivity contribution in [2.24, 2.45) is 0 Å². The molecule has 0 aliphatic rings. The summed E-state index contributed by atoms with van der Waals surface area (Å²) >= 11 is 1.59. The zero-order chi connectivity index (χ0) is 18.6. The zero-order valence-electron chi connectivity index (χ0n) is 14.5. The van der Waals surface area contributed by atoms with Crippen LogP contribution in [-0.4, -0.2) is 21.1 Å². The highest BCUT2D eigenvalue weighted by Gasteiger charge is 2.10. The van der Waals surface area contributed by atoms with Crippen LogP contribution in [0.5, 0.6) is 0 Å². The number of carbonyl (C=O) groups is 2. The Balaban J connectivity index is 1.34. The molecule has 6 heteroatoms. The maximum absolute atomic E-state index is 12.1. The van der Waals surface area contributed by atoms with E-state index in [1.165, 1.54) is 0 Å². The number of benzene rings is 2. The van der Waals surface area contributed by atoms with Gasteiger partial charge in [0.1, 0.15) is 0 Å². The molecule has 0 radical (unpaired) electrons. The Hall–Kier alpha value is -3.25. The summed E-state index contributed by atoms with van der Waals surface area (Å²) < 4.78 is 1.99. The number of imidazole rings is 1. The Morgan fingerprint density at radius 3 is 2.52 bits per heavy atom. The molecule has 0 fully saturated rings. The first kappa shape index (κ1) is 17.2. The number of amides is 1. The second-order valence-corrected chi connectivity index (χ2v) is 7.01. The van der Waals surface area contributed by atoms with Crippen LogP contribution in [0, 0.1) is 0 Å². The summed E-state index contributed by atoms with van der Waals surface area (Å²) in [5.74, 6) is -0.199. The molecular weight excluding hydrogens is 358 g/mol. The maximum atomic E-state index is 12.1. The monoisotopic (exact) mass is 375 g/mol. The summed E-state index contributed by atoms with van der Waals surface area (Å²) in [5, 5.41) is 4.83. The van der Waals surface area contributed by atoms with Crippen molar-refractivity contribution < 1.29 is 9.59 Å². The number of Topliss-reactive ketones (excluding diaryl/α,β-unsaturated/α-hetero) is 1. The fourth-order valence-corrected chi connectivity index (χ4v) is 3.51. The Morgan fingerprint density at radius 2 is 1.78 bits per heavy atom. The van der Waals surface area contributed by atoms with Gasteiger partial charge in [-0.2, -0.15) is 0 Å². The molecule has 27 heavy (non-hydrogen) atoms. The average Bonchev–Trinajstić information content (AvgIpc) is 3.30. The van der Waals surface area contributed by atoms with Gasteiger partial charge in [0.05, 0.1) is 5.69 Å². The Bertz CT molecular complexity index is 1050. The van der Waals surface area contributed by atoms with E-state index < -0.39 is 0 Å². The van der Waals surface area contributed by atoms with E-state index in [1.54, 1.807) is 23.5 Å². The van der Waals surface area contributed by atoms with Crippen molar-refractivity contribution in [3.05, 3.63) is 77.9 Å². The lowest BCUT2D eigenvalue weighted by Gasteiger charge is -2.06. The molecular formula is C21H17N3O2S. The van der Waals surface area contributed by atoms with Crippen molar-refractivity contribution in [1.82, 2.24) is 9.38 Å². The van der Waals surface area contributed by atoms with E-state index in [1.807, 2.05) is 64.6 Å². The number of carbonyl (C=O) groups excluding carboxylic acids is 2. The average molecular weight is 375 g/mol. The van der Waals surface area contributed by atoms with Crippen molar-refractivity contribution in [3.8, 4) is 11.3 Å². The highest BCUT2D eigenvalue weighted by molar-refractivity contribution is 7.15. The number of anilines is 1. The van der Waals surface area contributed by atoms with Crippen LogP contribution in [0.4, 0.5) is 5.69 Å². The lowest BCUT2D eigenvalue weighted by molar-refractivity contribution is -0.116. The summed E-state index contributed by atoms with van der Waals surface area (Å²) in [4.78, 5) is 29.7. The molecule has 1 N–H and O–H groups in total. The Labute approximate surface area is 160 Å². The number of aromatic nitrogens is 2. The highest BCUT2D eigenvalue weighted by atomic mass is 32.1. The van der Waals surface area contributed by atoms with E-state index in [2.05, 4.69) is 10.3 Å². The molecule has 4 rings (SSSR count). The minimum atomic E-state index is -0.172. The van der Waals surface area contributed by atoms with Gasteiger partial charge in [0.15, 0.2) is 10.7 Å². The molecule has 134 valence electrons. The highest BCUT2D eigenvalue weighted by Crippen LogP contribution is 2.23. The number of nitrogens with zero attached hydrogens (tertiary/aromatic N) is 2. The first-order valence-corrected chi connectivity index (χ1v) is 9.48. The maximum Gasteiger partial charge on any atom is 0.224 e. The number of fused-ring (bicyclic) bond motifs is 1. The smallest absolute Gasteiger partial charge is 0.224 e. The standard InChI is InChI=1S/C21H17N3O2S/c25-19(16-4-2-1-3-5-16)10-11-20(26)22-17-8-6-15(7-9-17)18-14-24-12-13-27-21(24)23-18/h1-9,12-14H,10-11H2,(H,22,26). The summed E-state index contributed by atoms with van der Waals surface area (Å²) in [6.45, 7) is 0. The van der Waals surface area contributed by atoms with E-state index in [0.717, 1.165) is 16.2 Å². The fraction of sp³-hybridized carbons (Fsp3) is 0.0952. The van der Waals surface area contributed by atoms with E-state index in [-0.39, 0.29) is 24.5 Å². The molecule has 5 nitrogen and oxygen atoms in total. The van der Waals surface area contributed by atoms with Crippen LogP contribution in [0.25, 0.3) is 16.2 Å². The zero-order valence-corrected chi connectivity index (χ0v) is 15.3. The predicted octanol–water partition coefficient (Wildman–Crippen LogP) is 4.66. The molecule has 0 aliphatic carbocycles. The van der Waals surface area contributed by atoms with Crippen molar-refractivity contribution >= 4 is 33.7 Å². The molecule has 0 spiro atoms. The quantitative estimate of drug-likeness (QED) is 0.498. The van der Waals surface area contributed by atoms with Crippen molar-refractivity contribution in [1.29, 1.82) is 0 Å². The predicted molar refractivity (Wildman–Crippen MR) is 107 cm³/mol. The van der Waals surface area contributed by atoms with Gasteiger partial charge in [-0.05, 0) is 12.1 Å². The van der Waals surface area contributed by atoms with Crippen LogP contribution in [0.15, 0.2) is 72.4 Å². The normalized spacial score (nSPS) is 10.8. The summed E-state index contributed by atoms with van der Waals surface area (Å²) in [6.07, 6.45) is 4.31. The molecule has 2 aromatic heterocycles. The molecule has 0 atom stereocenters. The summed E-state index contributed by atoms with van der Waals surface area (Å²) in [5.41, 5.74) is 3.22. The number of thiazole rings is 1. The second-order valence-electron chi connectivity index (χ2n) is 6.13. The lowest BCUT2D eigenvalue weighted by Crippen LogP contribution is -2.13. The number of nitrogens with one attached hydrogen (secondary N) is 1. The number of ketones is 1. The van der Waals surface area contributed by atoms with Gasteiger partial charge >= 0.3 is 0 Å². The molecule has 2 aromatic carbocycles. The van der Waals surface area contributed by atoms with Crippen LogP contribution >= 0.6 is 11.3 Å². The van der Waals surface area contributed by atoms with Gasteiger partial charge in [-0.15, -0.1) is 11.3 Å². The van der Waals surface area contributed by atoms with Crippen molar-refractivity contribution in [2.45, 2.75) is 12.8 Å². The fourth-order valence-electron chi connectivity index (χ4n) is 2.81. The van der Waals surface area contributed by atoms with Crippen LogP contribution in [0.1, 0.15) is 23.2 Å². The summed E-state index contributed by atoms with van der Waals surface area (Å²) in [6, 6.07) is 16.6. The van der Waals surface area contributed by atoms with E-state index in [4.69, 9.17) is 0 Å². The van der Waals surface area contributed by atoms with Gasteiger partial charge in [-0.3, -0.25) is 14.0 Å². The molecule has 0 bridgehead atoms. The third-order valence-corrected chi connectivity index (χ3v) is 5.00. The van der Waals surface area contributed by atoms with Crippen molar-refractivity contribution in [3.63, 3.8) is 0 Å². The molecule has 4 aromatic rings. The topological polar surface area (TPSA) is 63.5 Å². The first-order valence-electron chi connectivity index (χ1n) is 8.60.